The molecule has 5 heteroatoms. The van der Waals surface area contributed by atoms with Crippen molar-refractivity contribution in [1.82, 2.24) is 9.97 Å². The van der Waals surface area contributed by atoms with Gasteiger partial charge in [-0.1, -0.05) is 18.2 Å². The normalized spacial score (nSPS) is 17.8. The van der Waals surface area contributed by atoms with Crippen LogP contribution in [-0.4, -0.2) is 29.6 Å². The fourth-order valence-corrected chi connectivity index (χ4v) is 4.08. The predicted molar refractivity (Wildman–Crippen MR) is 97.4 cm³/mol. The van der Waals surface area contributed by atoms with Crippen molar-refractivity contribution >= 4 is 33.1 Å². The second-order valence-corrected chi connectivity index (χ2v) is 7.35. The Hall–Kier alpha value is -2.14. The first-order chi connectivity index (χ1) is 11.3. The minimum absolute atomic E-state index is 0.653. The zero-order valence-corrected chi connectivity index (χ0v) is 14.0. The SMILES string of the molecule is Cc1cc2c(NCC3CCN(c4ccccc4)C3)ncnc2s1. The highest BCUT2D eigenvalue weighted by molar-refractivity contribution is 7.18. The van der Waals surface area contributed by atoms with Gasteiger partial charge in [-0.25, -0.2) is 9.97 Å². The van der Waals surface area contributed by atoms with E-state index in [2.05, 4.69) is 63.5 Å². The Balaban J connectivity index is 1.41. The summed E-state index contributed by atoms with van der Waals surface area (Å²) in [6, 6.07) is 12.8. The number of aryl methyl sites for hydroxylation is 1. The number of aromatic nitrogens is 2. The molecule has 1 aromatic carbocycles. The van der Waals surface area contributed by atoms with E-state index >= 15 is 0 Å². The van der Waals surface area contributed by atoms with Crippen molar-refractivity contribution in [2.45, 2.75) is 13.3 Å². The third-order valence-corrected chi connectivity index (χ3v) is 5.38. The van der Waals surface area contributed by atoms with E-state index in [0.717, 1.165) is 35.7 Å². The molecule has 1 saturated heterocycles. The summed E-state index contributed by atoms with van der Waals surface area (Å²) >= 11 is 1.72. The number of anilines is 2. The van der Waals surface area contributed by atoms with Gasteiger partial charge in [-0.05, 0) is 37.5 Å². The molecule has 0 bridgehead atoms. The summed E-state index contributed by atoms with van der Waals surface area (Å²) in [7, 11) is 0. The summed E-state index contributed by atoms with van der Waals surface area (Å²) in [5.74, 6) is 1.62. The number of hydrogen-bond acceptors (Lipinski definition) is 5. The molecule has 3 aromatic rings. The summed E-state index contributed by atoms with van der Waals surface area (Å²) in [6.07, 6.45) is 2.88. The maximum Gasteiger partial charge on any atom is 0.138 e. The van der Waals surface area contributed by atoms with Gasteiger partial charge < -0.3 is 10.2 Å². The molecule has 2 aromatic heterocycles. The maximum absolute atomic E-state index is 4.43. The van der Waals surface area contributed by atoms with Crippen LogP contribution in [0.1, 0.15) is 11.3 Å². The second kappa shape index (κ2) is 6.16. The monoisotopic (exact) mass is 324 g/mol. The summed E-state index contributed by atoms with van der Waals surface area (Å²) in [6.45, 7) is 5.32. The third kappa shape index (κ3) is 3.01. The van der Waals surface area contributed by atoms with Gasteiger partial charge in [0.2, 0.25) is 0 Å². The number of hydrogen-bond donors (Lipinski definition) is 1. The van der Waals surface area contributed by atoms with E-state index in [0.29, 0.717) is 5.92 Å². The first-order valence-electron chi connectivity index (χ1n) is 8.04. The van der Waals surface area contributed by atoms with Crippen LogP contribution >= 0.6 is 11.3 Å². The molecule has 23 heavy (non-hydrogen) atoms. The quantitative estimate of drug-likeness (QED) is 0.789. The van der Waals surface area contributed by atoms with Crippen LogP contribution in [0.2, 0.25) is 0 Å². The Labute approximate surface area is 140 Å². The Bertz CT molecular complexity index is 799. The number of thiophene rings is 1. The number of nitrogens with one attached hydrogen (secondary N) is 1. The van der Waals surface area contributed by atoms with Gasteiger partial charge in [-0.3, -0.25) is 0 Å². The molecular formula is C18H20N4S. The lowest BCUT2D eigenvalue weighted by atomic mass is 10.1. The van der Waals surface area contributed by atoms with Crippen LogP contribution in [0.4, 0.5) is 11.5 Å². The Morgan fingerprint density at radius 1 is 1.26 bits per heavy atom. The van der Waals surface area contributed by atoms with E-state index in [1.807, 2.05) is 0 Å². The molecule has 1 unspecified atom stereocenters. The summed E-state index contributed by atoms with van der Waals surface area (Å²) in [5, 5.41) is 4.69. The molecule has 0 amide bonds. The minimum atomic E-state index is 0.653. The van der Waals surface area contributed by atoms with Crippen LogP contribution in [0.15, 0.2) is 42.7 Å². The fraction of sp³-hybridized carbons (Fsp3) is 0.333. The van der Waals surface area contributed by atoms with Crippen LogP contribution in [0.25, 0.3) is 10.2 Å². The Morgan fingerprint density at radius 2 is 2.13 bits per heavy atom. The van der Waals surface area contributed by atoms with Gasteiger partial charge in [-0.2, -0.15) is 0 Å². The second-order valence-electron chi connectivity index (χ2n) is 6.12. The fourth-order valence-electron chi connectivity index (χ4n) is 3.23. The van der Waals surface area contributed by atoms with Crippen LogP contribution in [-0.2, 0) is 0 Å². The molecule has 0 spiro atoms. The lowest BCUT2D eigenvalue weighted by Gasteiger charge is -2.18. The van der Waals surface area contributed by atoms with Crippen molar-refractivity contribution in [3.05, 3.63) is 47.6 Å². The number of fused-ring (bicyclic) bond motifs is 1. The van der Waals surface area contributed by atoms with Gasteiger partial charge in [-0.15, -0.1) is 11.3 Å². The van der Waals surface area contributed by atoms with Crippen LogP contribution < -0.4 is 10.2 Å². The minimum Gasteiger partial charge on any atom is -0.371 e. The average molecular weight is 324 g/mol. The molecule has 118 valence electrons. The zero-order chi connectivity index (χ0) is 15.6. The standard InChI is InChI=1S/C18H20N4S/c1-13-9-16-17(20-12-21-18(16)23-13)19-10-14-7-8-22(11-14)15-5-3-2-4-6-15/h2-6,9,12,14H,7-8,10-11H2,1H3,(H,19,20,21). The first kappa shape index (κ1) is 14.5. The molecule has 1 aliphatic rings. The summed E-state index contributed by atoms with van der Waals surface area (Å²) in [5.41, 5.74) is 1.33. The van der Waals surface area contributed by atoms with E-state index in [1.54, 1.807) is 17.7 Å². The van der Waals surface area contributed by atoms with E-state index in [9.17, 15) is 0 Å². The lowest BCUT2D eigenvalue weighted by molar-refractivity contribution is 0.621. The molecule has 1 atom stereocenters. The molecule has 1 fully saturated rings. The van der Waals surface area contributed by atoms with E-state index < -0.39 is 0 Å². The highest BCUT2D eigenvalue weighted by Crippen LogP contribution is 2.28. The Kier molecular flexibility index (Phi) is 3.87. The molecule has 4 nitrogen and oxygen atoms in total. The molecular weight excluding hydrogens is 304 g/mol. The maximum atomic E-state index is 4.43. The summed E-state index contributed by atoms with van der Waals surface area (Å²) in [4.78, 5) is 13.6. The van der Waals surface area contributed by atoms with Crippen LogP contribution in [0.3, 0.4) is 0 Å². The molecule has 1 aliphatic heterocycles. The number of rotatable bonds is 4. The number of nitrogens with zero attached hydrogens (tertiary/aromatic N) is 3. The number of para-hydroxylation sites is 1. The van der Waals surface area contributed by atoms with Gasteiger partial charge >= 0.3 is 0 Å². The van der Waals surface area contributed by atoms with E-state index in [1.165, 1.54) is 17.0 Å². The van der Waals surface area contributed by atoms with Crippen molar-refractivity contribution in [2.75, 3.05) is 29.9 Å². The van der Waals surface area contributed by atoms with Crippen molar-refractivity contribution in [2.24, 2.45) is 5.92 Å². The van der Waals surface area contributed by atoms with E-state index in [4.69, 9.17) is 0 Å². The highest BCUT2D eigenvalue weighted by atomic mass is 32.1. The van der Waals surface area contributed by atoms with Crippen molar-refractivity contribution < 1.29 is 0 Å². The molecule has 0 aliphatic carbocycles. The molecule has 4 rings (SSSR count). The predicted octanol–water partition coefficient (Wildman–Crippen LogP) is 3.94. The zero-order valence-electron chi connectivity index (χ0n) is 13.2. The lowest BCUT2D eigenvalue weighted by Crippen LogP contribution is -2.22. The molecule has 0 radical (unpaired) electrons. The van der Waals surface area contributed by atoms with Gasteiger partial charge in [0.25, 0.3) is 0 Å². The Morgan fingerprint density at radius 3 is 3.00 bits per heavy atom. The summed E-state index contributed by atoms with van der Waals surface area (Å²) < 4.78 is 0. The topological polar surface area (TPSA) is 41.0 Å². The van der Waals surface area contributed by atoms with Crippen molar-refractivity contribution in [1.29, 1.82) is 0 Å². The van der Waals surface area contributed by atoms with Gasteiger partial charge in [0, 0.05) is 30.2 Å². The molecule has 3 heterocycles. The van der Waals surface area contributed by atoms with Crippen LogP contribution in [0, 0.1) is 12.8 Å². The van der Waals surface area contributed by atoms with Crippen molar-refractivity contribution in [3.63, 3.8) is 0 Å². The number of benzene rings is 1. The first-order valence-corrected chi connectivity index (χ1v) is 8.86. The smallest absolute Gasteiger partial charge is 0.138 e. The largest absolute Gasteiger partial charge is 0.371 e. The van der Waals surface area contributed by atoms with Gasteiger partial charge in [0.15, 0.2) is 0 Å². The van der Waals surface area contributed by atoms with E-state index in [-0.39, 0.29) is 0 Å². The van der Waals surface area contributed by atoms with Crippen molar-refractivity contribution in [3.8, 4) is 0 Å². The molecule has 1 N–H and O–H groups in total. The molecule has 0 saturated carbocycles. The van der Waals surface area contributed by atoms with Crippen LogP contribution in [0.5, 0.6) is 0 Å². The van der Waals surface area contributed by atoms with Gasteiger partial charge in [0.05, 0.1) is 5.39 Å². The van der Waals surface area contributed by atoms with Gasteiger partial charge in [0.1, 0.15) is 17.0 Å². The third-order valence-electron chi connectivity index (χ3n) is 4.42. The highest BCUT2D eigenvalue weighted by Gasteiger charge is 2.22. The average Bonchev–Trinajstić information content (AvgIpc) is 3.19.